The molecule has 0 fully saturated rings. The molecule has 12 heteroatoms. The number of nitrogens with zero attached hydrogens (tertiary/aromatic N) is 2. The molecule has 2 aromatic heterocycles. The minimum atomic E-state index is -4.74. The summed E-state index contributed by atoms with van der Waals surface area (Å²) in [6.45, 7) is 0. The molecule has 0 atom stereocenters. The van der Waals surface area contributed by atoms with Crippen LogP contribution in [0.1, 0.15) is 5.69 Å². The van der Waals surface area contributed by atoms with Gasteiger partial charge in [0, 0.05) is 11.3 Å². The van der Waals surface area contributed by atoms with Gasteiger partial charge in [0.05, 0.1) is 21.6 Å². The summed E-state index contributed by atoms with van der Waals surface area (Å²) in [5, 5.41) is 5.83. The Hall–Kier alpha value is -3.31. The van der Waals surface area contributed by atoms with Gasteiger partial charge in [-0.1, -0.05) is 35.9 Å². The fraction of sp³-hybridized carbons (Fsp3) is 0.0526. The highest BCUT2D eigenvalue weighted by Gasteiger charge is 2.36. The monoisotopic (exact) mass is 467 g/mol. The lowest BCUT2D eigenvalue weighted by molar-refractivity contribution is -0.139. The number of sulfonamides is 1. The van der Waals surface area contributed by atoms with E-state index < -0.39 is 21.9 Å². The minimum Gasteiger partial charge on any atom is -0.382 e. The van der Waals surface area contributed by atoms with Gasteiger partial charge < -0.3 is 5.73 Å². The molecule has 0 aliphatic heterocycles. The van der Waals surface area contributed by atoms with Crippen molar-refractivity contribution in [3.05, 3.63) is 65.3 Å². The summed E-state index contributed by atoms with van der Waals surface area (Å²) >= 11 is 5.94. The zero-order chi connectivity index (χ0) is 22.4. The third-order valence-electron chi connectivity index (χ3n) is 4.40. The van der Waals surface area contributed by atoms with E-state index >= 15 is 0 Å². The fourth-order valence-electron chi connectivity index (χ4n) is 3.00. The van der Waals surface area contributed by atoms with Gasteiger partial charge in [-0.2, -0.15) is 18.3 Å². The van der Waals surface area contributed by atoms with Gasteiger partial charge in [0.25, 0.3) is 10.0 Å². The van der Waals surface area contributed by atoms with E-state index in [-0.39, 0.29) is 38.0 Å². The second kappa shape index (κ2) is 7.43. The normalized spacial score (nSPS) is 12.3. The number of hydrogen-bond acceptors (Lipinski definition) is 5. The highest BCUT2D eigenvalue weighted by molar-refractivity contribution is 7.92. The van der Waals surface area contributed by atoms with E-state index in [0.717, 1.165) is 0 Å². The van der Waals surface area contributed by atoms with E-state index in [2.05, 4.69) is 19.9 Å². The van der Waals surface area contributed by atoms with Crippen molar-refractivity contribution in [2.75, 3.05) is 10.5 Å². The first-order valence-electron chi connectivity index (χ1n) is 8.66. The number of halogens is 4. The number of rotatable bonds is 4. The molecule has 31 heavy (non-hydrogen) atoms. The molecule has 4 aromatic rings. The number of nitrogens with one attached hydrogen (secondary N) is 2. The van der Waals surface area contributed by atoms with E-state index in [9.17, 15) is 21.6 Å². The first kappa shape index (κ1) is 20.9. The van der Waals surface area contributed by atoms with Gasteiger partial charge in [-0.3, -0.25) is 9.82 Å². The lowest BCUT2D eigenvalue weighted by Gasteiger charge is -2.12. The molecule has 2 aromatic carbocycles. The van der Waals surface area contributed by atoms with Crippen molar-refractivity contribution < 1.29 is 21.6 Å². The molecule has 0 amide bonds. The van der Waals surface area contributed by atoms with Crippen LogP contribution < -0.4 is 10.5 Å². The van der Waals surface area contributed by atoms with Gasteiger partial charge in [-0.05, 0) is 30.3 Å². The number of H-pyrrole nitrogens is 1. The molecule has 0 unspecified atom stereocenters. The number of hydrogen-bond donors (Lipinski definition) is 3. The third-order valence-corrected chi connectivity index (χ3v) is 6.28. The Morgan fingerprint density at radius 3 is 2.39 bits per heavy atom. The Kier molecular flexibility index (Phi) is 5.02. The van der Waals surface area contributed by atoms with Crippen LogP contribution in [-0.2, 0) is 16.2 Å². The van der Waals surface area contributed by atoms with Crippen molar-refractivity contribution in [2.45, 2.75) is 11.1 Å². The second-order valence-corrected chi connectivity index (χ2v) is 8.56. The maximum Gasteiger partial charge on any atom is 0.434 e. The van der Waals surface area contributed by atoms with Gasteiger partial charge in [-0.25, -0.2) is 13.4 Å². The maximum absolute atomic E-state index is 13.5. The van der Waals surface area contributed by atoms with Gasteiger partial charge in [-0.15, -0.1) is 0 Å². The van der Waals surface area contributed by atoms with Gasteiger partial charge in [0.1, 0.15) is 4.90 Å². The quantitative estimate of drug-likeness (QED) is 0.403. The Morgan fingerprint density at radius 2 is 1.74 bits per heavy atom. The number of alkyl halides is 3. The minimum absolute atomic E-state index is 0.0176. The molecule has 2 heterocycles. The van der Waals surface area contributed by atoms with Crippen LogP contribution in [0.2, 0.25) is 5.02 Å². The van der Waals surface area contributed by atoms with Crippen LogP contribution in [0.5, 0.6) is 0 Å². The standard InChI is InChI=1S/C19H13ClF3N5O2S/c20-12-3-1-2-4-15(12)31(29,30)28-11-7-5-10(6-8-11)13-9-14-16(18(24)27-26-14)17(25-13)19(21,22)23/h1-9,28H,(H3,24,26,27). The molecule has 7 nitrogen and oxygen atoms in total. The van der Waals surface area contributed by atoms with Crippen molar-refractivity contribution in [3.8, 4) is 11.3 Å². The van der Waals surface area contributed by atoms with Crippen LogP contribution in [0, 0.1) is 0 Å². The number of fused-ring (bicyclic) bond motifs is 1. The summed E-state index contributed by atoms with van der Waals surface area (Å²) in [6.07, 6.45) is -4.74. The van der Waals surface area contributed by atoms with E-state index in [1.54, 1.807) is 6.07 Å². The highest BCUT2D eigenvalue weighted by atomic mass is 35.5. The highest BCUT2D eigenvalue weighted by Crippen LogP contribution is 2.37. The van der Waals surface area contributed by atoms with Crippen molar-refractivity contribution in [1.29, 1.82) is 0 Å². The van der Waals surface area contributed by atoms with Gasteiger partial charge in [0.2, 0.25) is 0 Å². The predicted octanol–water partition coefficient (Wildman–Crippen LogP) is 4.68. The number of nitrogen functional groups attached to an aromatic ring is 1. The summed E-state index contributed by atoms with van der Waals surface area (Å²) in [7, 11) is -3.95. The first-order valence-corrected chi connectivity index (χ1v) is 10.5. The van der Waals surface area contributed by atoms with Crippen molar-refractivity contribution >= 4 is 44.0 Å². The number of nitrogens with two attached hydrogens (primary N) is 1. The number of aromatic nitrogens is 3. The number of aromatic amines is 1. The molecular weight excluding hydrogens is 455 g/mol. The van der Waals surface area contributed by atoms with Gasteiger partial charge >= 0.3 is 6.18 Å². The lowest BCUT2D eigenvalue weighted by atomic mass is 10.1. The van der Waals surface area contributed by atoms with Crippen molar-refractivity contribution in [2.24, 2.45) is 0 Å². The van der Waals surface area contributed by atoms with Crippen LogP contribution in [0.3, 0.4) is 0 Å². The largest absolute Gasteiger partial charge is 0.434 e. The third kappa shape index (κ3) is 4.01. The number of pyridine rings is 1. The molecule has 0 saturated heterocycles. The molecule has 0 aliphatic carbocycles. The summed E-state index contributed by atoms with van der Waals surface area (Å²) in [5.74, 6) is -0.300. The molecular formula is C19H13ClF3N5O2S. The number of anilines is 2. The number of benzene rings is 2. The van der Waals surface area contributed by atoms with E-state index in [0.29, 0.717) is 5.56 Å². The Labute approximate surface area is 179 Å². The maximum atomic E-state index is 13.5. The fourth-order valence-corrected chi connectivity index (χ4v) is 4.58. The van der Waals surface area contributed by atoms with E-state index in [1.165, 1.54) is 48.5 Å². The second-order valence-electron chi connectivity index (χ2n) is 6.50. The molecule has 4 rings (SSSR count). The SMILES string of the molecule is Nc1n[nH]c2cc(-c3ccc(NS(=O)(=O)c4ccccc4Cl)cc3)nc(C(F)(F)F)c12. The summed E-state index contributed by atoms with van der Waals surface area (Å²) in [5.41, 5.74) is 5.02. The van der Waals surface area contributed by atoms with Gasteiger partial charge in [0.15, 0.2) is 11.5 Å². The molecule has 0 aliphatic rings. The average molecular weight is 468 g/mol. The van der Waals surface area contributed by atoms with Crippen molar-refractivity contribution in [3.63, 3.8) is 0 Å². The first-order chi connectivity index (χ1) is 14.6. The smallest absolute Gasteiger partial charge is 0.382 e. The zero-order valence-electron chi connectivity index (χ0n) is 15.4. The molecule has 0 saturated carbocycles. The topological polar surface area (TPSA) is 114 Å². The Morgan fingerprint density at radius 1 is 1.06 bits per heavy atom. The molecule has 0 bridgehead atoms. The predicted molar refractivity (Wildman–Crippen MR) is 111 cm³/mol. The lowest BCUT2D eigenvalue weighted by Crippen LogP contribution is -2.13. The zero-order valence-corrected chi connectivity index (χ0v) is 17.0. The summed E-state index contributed by atoms with van der Waals surface area (Å²) in [4.78, 5) is 3.62. The van der Waals surface area contributed by atoms with Crippen LogP contribution in [0.25, 0.3) is 22.2 Å². The molecule has 0 radical (unpaired) electrons. The Bertz CT molecular complexity index is 1390. The van der Waals surface area contributed by atoms with E-state index in [4.69, 9.17) is 17.3 Å². The summed E-state index contributed by atoms with van der Waals surface area (Å²) < 4.78 is 67.8. The Balaban J connectivity index is 1.69. The van der Waals surface area contributed by atoms with Crippen LogP contribution >= 0.6 is 11.6 Å². The van der Waals surface area contributed by atoms with E-state index in [1.807, 2.05) is 0 Å². The summed E-state index contributed by atoms with van der Waals surface area (Å²) in [6, 6.07) is 13.0. The van der Waals surface area contributed by atoms with Crippen LogP contribution in [0.4, 0.5) is 24.7 Å². The van der Waals surface area contributed by atoms with Crippen LogP contribution in [0.15, 0.2) is 59.5 Å². The van der Waals surface area contributed by atoms with Crippen LogP contribution in [-0.4, -0.2) is 23.6 Å². The average Bonchev–Trinajstić information content (AvgIpc) is 3.08. The molecule has 4 N–H and O–H groups in total. The van der Waals surface area contributed by atoms with Crippen molar-refractivity contribution in [1.82, 2.24) is 15.2 Å². The molecule has 0 spiro atoms. The molecule has 160 valence electrons.